The van der Waals surface area contributed by atoms with Crippen LogP contribution >= 0.6 is 11.3 Å². The maximum Gasteiger partial charge on any atom is 0.303 e. The summed E-state index contributed by atoms with van der Waals surface area (Å²) < 4.78 is 32.6. The van der Waals surface area contributed by atoms with E-state index >= 15 is 0 Å². The molecule has 0 saturated heterocycles. The molecule has 1 amide bonds. The number of rotatable bonds is 7. The van der Waals surface area contributed by atoms with E-state index < -0.39 is 11.7 Å². The number of hydrogen-bond acceptors (Lipinski definition) is 8. The molecule has 0 unspecified atom stereocenters. The molecule has 0 radical (unpaired) electrons. The number of aromatic nitrogens is 4. The van der Waals surface area contributed by atoms with Gasteiger partial charge in [0.25, 0.3) is 0 Å². The van der Waals surface area contributed by atoms with Crippen molar-refractivity contribution in [1.82, 2.24) is 19.9 Å². The zero-order valence-corrected chi connectivity index (χ0v) is 17.6. The fraction of sp³-hybridized carbons (Fsp3) is 0.316. The van der Waals surface area contributed by atoms with Crippen molar-refractivity contribution in [1.29, 1.82) is 0 Å². The van der Waals surface area contributed by atoms with E-state index in [9.17, 15) is 13.6 Å². The number of thiazole rings is 1. The first-order chi connectivity index (χ1) is 14.2. The highest BCUT2D eigenvalue weighted by molar-refractivity contribution is 7.13. The second kappa shape index (κ2) is 8.76. The van der Waals surface area contributed by atoms with E-state index in [0.717, 1.165) is 12.6 Å². The number of carbonyl (C=O) groups is 1. The van der Waals surface area contributed by atoms with Crippen molar-refractivity contribution >= 4 is 34.6 Å². The predicted molar refractivity (Wildman–Crippen MR) is 110 cm³/mol. The lowest BCUT2D eigenvalue weighted by atomic mass is 10.2. The molecule has 11 heteroatoms. The van der Waals surface area contributed by atoms with Crippen molar-refractivity contribution in [2.75, 3.05) is 17.7 Å². The van der Waals surface area contributed by atoms with Gasteiger partial charge in [0.2, 0.25) is 11.7 Å². The van der Waals surface area contributed by atoms with Crippen molar-refractivity contribution in [2.45, 2.75) is 33.3 Å². The van der Waals surface area contributed by atoms with E-state index in [4.69, 9.17) is 4.74 Å². The number of nitrogens with one attached hydrogen (secondary N) is 2. The Morgan fingerprint density at radius 1 is 1.23 bits per heavy atom. The van der Waals surface area contributed by atoms with Crippen molar-refractivity contribution < 1.29 is 18.3 Å². The topological polar surface area (TPSA) is 102 Å². The Labute approximate surface area is 175 Å². The molecule has 0 aromatic carbocycles. The Kier molecular flexibility index (Phi) is 6.32. The van der Waals surface area contributed by atoms with E-state index in [1.54, 1.807) is 32.4 Å². The first kappa shape index (κ1) is 21.7. The van der Waals surface area contributed by atoms with E-state index in [-0.39, 0.29) is 11.7 Å². The number of halogens is 2. The average molecular weight is 434 g/mol. The maximum absolute atomic E-state index is 13.7. The van der Waals surface area contributed by atoms with Gasteiger partial charge in [-0.25, -0.2) is 19.9 Å². The number of nitrogens with zero attached hydrogens (tertiary/aromatic N) is 4. The molecule has 0 spiro atoms. The van der Waals surface area contributed by atoms with Crippen molar-refractivity contribution in [3.63, 3.8) is 0 Å². The summed E-state index contributed by atoms with van der Waals surface area (Å²) in [5.41, 5.74) is 2.26. The van der Waals surface area contributed by atoms with Gasteiger partial charge in [0.15, 0.2) is 0 Å². The number of methoxy groups -OCH3 is 1. The third-order valence-corrected chi connectivity index (χ3v) is 4.72. The van der Waals surface area contributed by atoms with Crippen LogP contribution in [0.3, 0.4) is 0 Å². The number of anilines is 3. The quantitative estimate of drug-likeness (QED) is 0.573. The molecule has 0 aliphatic heterocycles. The van der Waals surface area contributed by atoms with Crippen LogP contribution in [0.4, 0.5) is 26.1 Å². The van der Waals surface area contributed by atoms with Crippen molar-refractivity contribution in [2.24, 2.45) is 0 Å². The summed E-state index contributed by atoms with van der Waals surface area (Å²) in [5, 5.41) is 8.15. The van der Waals surface area contributed by atoms with E-state index in [1.165, 1.54) is 18.3 Å². The summed E-state index contributed by atoms with van der Waals surface area (Å²) in [6.07, 6.45) is 1.55. The summed E-state index contributed by atoms with van der Waals surface area (Å²) in [6.45, 7) is 4.07. The molecule has 0 atom stereocenters. The summed E-state index contributed by atoms with van der Waals surface area (Å²) in [6, 6.07) is 3.14. The van der Waals surface area contributed by atoms with Crippen LogP contribution in [0.25, 0.3) is 10.6 Å². The Hall–Kier alpha value is -3.05. The summed E-state index contributed by atoms with van der Waals surface area (Å²) in [4.78, 5) is 27.9. The SMILES string of the molecule is COCc1csc(-c2cnc(NC(C)=O)cc2Nc2cc(C)nc(C(C)(F)F)n2)n1. The Balaban J connectivity index is 2.04. The van der Waals surface area contributed by atoms with Gasteiger partial charge in [0.05, 0.1) is 23.6 Å². The predicted octanol–water partition coefficient (Wildman–Crippen LogP) is 4.26. The van der Waals surface area contributed by atoms with Gasteiger partial charge in [0.1, 0.15) is 16.6 Å². The molecule has 8 nitrogen and oxygen atoms in total. The average Bonchev–Trinajstić information content (AvgIpc) is 3.09. The zero-order chi connectivity index (χ0) is 21.9. The molecule has 0 bridgehead atoms. The summed E-state index contributed by atoms with van der Waals surface area (Å²) in [5.74, 6) is -3.57. The van der Waals surface area contributed by atoms with E-state index in [2.05, 4.69) is 30.6 Å². The molecule has 3 aromatic rings. The molecule has 0 aliphatic carbocycles. The molecule has 3 rings (SSSR count). The number of carbonyl (C=O) groups excluding carboxylic acids is 1. The smallest absolute Gasteiger partial charge is 0.303 e. The van der Waals surface area contributed by atoms with Crippen LogP contribution in [0.15, 0.2) is 23.7 Å². The Morgan fingerprint density at radius 2 is 2.00 bits per heavy atom. The second-order valence-corrected chi connectivity index (χ2v) is 7.46. The molecular weight excluding hydrogens is 414 g/mol. The normalized spacial score (nSPS) is 11.4. The fourth-order valence-corrected chi connectivity index (χ4v) is 3.42. The van der Waals surface area contributed by atoms with E-state index in [0.29, 0.717) is 34.4 Å². The Morgan fingerprint density at radius 3 is 2.67 bits per heavy atom. The number of alkyl halides is 2. The molecule has 0 saturated carbocycles. The van der Waals surface area contributed by atoms with Crippen LogP contribution in [0.5, 0.6) is 0 Å². The van der Waals surface area contributed by atoms with Gasteiger partial charge < -0.3 is 15.4 Å². The van der Waals surface area contributed by atoms with Crippen LogP contribution in [0.1, 0.15) is 31.1 Å². The third-order valence-electron chi connectivity index (χ3n) is 3.79. The van der Waals surface area contributed by atoms with Crippen LogP contribution in [-0.4, -0.2) is 33.0 Å². The number of amides is 1. The van der Waals surface area contributed by atoms with Crippen LogP contribution in [0.2, 0.25) is 0 Å². The molecular formula is C19H20F2N6O2S. The molecule has 158 valence electrons. The molecule has 0 fully saturated rings. The first-order valence-electron chi connectivity index (χ1n) is 8.88. The number of ether oxygens (including phenoxy) is 1. The van der Waals surface area contributed by atoms with Gasteiger partial charge in [-0.05, 0) is 6.92 Å². The minimum absolute atomic E-state index is 0.189. The number of pyridine rings is 1. The van der Waals surface area contributed by atoms with Crippen LogP contribution in [-0.2, 0) is 22.1 Å². The number of aryl methyl sites for hydroxylation is 1. The highest BCUT2D eigenvalue weighted by Crippen LogP contribution is 2.34. The first-order valence-corrected chi connectivity index (χ1v) is 9.76. The Bertz CT molecular complexity index is 1070. The zero-order valence-electron chi connectivity index (χ0n) is 16.8. The molecule has 0 aliphatic rings. The van der Waals surface area contributed by atoms with Gasteiger partial charge in [-0.1, -0.05) is 0 Å². The lowest BCUT2D eigenvalue weighted by Gasteiger charge is -2.15. The van der Waals surface area contributed by atoms with Gasteiger partial charge in [-0.15, -0.1) is 11.3 Å². The summed E-state index contributed by atoms with van der Waals surface area (Å²) >= 11 is 1.39. The highest BCUT2D eigenvalue weighted by Gasteiger charge is 2.29. The third kappa shape index (κ3) is 5.30. The second-order valence-electron chi connectivity index (χ2n) is 6.60. The van der Waals surface area contributed by atoms with Gasteiger partial charge in [0, 0.05) is 50.4 Å². The summed E-state index contributed by atoms with van der Waals surface area (Å²) in [7, 11) is 1.58. The molecule has 2 N–H and O–H groups in total. The fourth-order valence-electron chi connectivity index (χ4n) is 2.59. The standard InChI is InChI=1S/C19H20F2N6O2S/c1-10-5-16(27-18(23-10)19(3,20)21)26-14-6-15(24-11(2)28)22-7-13(14)17-25-12(8-29-4)9-30-17/h5-7,9H,8H2,1-4H3,(H2,22,23,24,26,27,28). The monoisotopic (exact) mass is 434 g/mol. The van der Waals surface area contributed by atoms with Gasteiger partial charge in [-0.3, -0.25) is 4.79 Å². The minimum atomic E-state index is -3.19. The van der Waals surface area contributed by atoms with E-state index in [1.807, 2.05) is 5.38 Å². The number of hydrogen-bond donors (Lipinski definition) is 2. The van der Waals surface area contributed by atoms with Crippen molar-refractivity contribution in [3.05, 3.63) is 40.9 Å². The maximum atomic E-state index is 13.7. The molecule has 3 aromatic heterocycles. The van der Waals surface area contributed by atoms with Gasteiger partial charge >= 0.3 is 5.92 Å². The lowest BCUT2D eigenvalue weighted by Crippen LogP contribution is -2.14. The largest absolute Gasteiger partial charge is 0.378 e. The minimum Gasteiger partial charge on any atom is -0.378 e. The highest BCUT2D eigenvalue weighted by atomic mass is 32.1. The van der Waals surface area contributed by atoms with Crippen molar-refractivity contribution in [3.8, 4) is 10.6 Å². The van der Waals surface area contributed by atoms with Crippen LogP contribution < -0.4 is 10.6 Å². The van der Waals surface area contributed by atoms with Crippen LogP contribution in [0, 0.1) is 6.92 Å². The van der Waals surface area contributed by atoms with Gasteiger partial charge in [-0.2, -0.15) is 8.78 Å². The lowest BCUT2D eigenvalue weighted by molar-refractivity contribution is -0.114. The molecule has 30 heavy (non-hydrogen) atoms. The molecule has 3 heterocycles.